The molecule has 1 aliphatic carbocycles. The molecule has 0 radical (unpaired) electrons. The van der Waals surface area contributed by atoms with Gasteiger partial charge in [0.2, 0.25) is 5.91 Å². The summed E-state index contributed by atoms with van der Waals surface area (Å²) in [5, 5.41) is 9.21. The lowest BCUT2D eigenvalue weighted by molar-refractivity contribution is -0.115. The highest BCUT2D eigenvalue weighted by Gasteiger charge is 2.25. The molecule has 2 aromatic carbocycles. The van der Waals surface area contributed by atoms with Gasteiger partial charge in [0, 0.05) is 18.5 Å². The molecular weight excluding hydrogens is 406 g/mol. The summed E-state index contributed by atoms with van der Waals surface area (Å²) >= 11 is 0. The highest BCUT2D eigenvalue weighted by molar-refractivity contribution is 6.04. The third kappa shape index (κ3) is 5.59. The van der Waals surface area contributed by atoms with Crippen LogP contribution in [0.3, 0.4) is 0 Å². The van der Waals surface area contributed by atoms with Crippen LogP contribution in [0.2, 0.25) is 0 Å². The molecule has 32 heavy (non-hydrogen) atoms. The van der Waals surface area contributed by atoms with Crippen molar-refractivity contribution in [1.29, 1.82) is 0 Å². The summed E-state index contributed by atoms with van der Waals surface area (Å²) in [6.07, 6.45) is 2.89. The summed E-state index contributed by atoms with van der Waals surface area (Å²) in [5.41, 5.74) is 2.05. The first kappa shape index (κ1) is 22.1. The van der Waals surface area contributed by atoms with Crippen LogP contribution < -0.4 is 25.4 Å². The van der Waals surface area contributed by atoms with Gasteiger partial charge in [-0.05, 0) is 48.6 Å². The maximum Gasteiger partial charge on any atom is 0.253 e. The first-order chi connectivity index (χ1) is 15.5. The Morgan fingerprint density at radius 3 is 2.53 bits per heavy atom. The minimum Gasteiger partial charge on any atom is -0.490 e. The second-order valence-electron chi connectivity index (χ2n) is 8.70. The van der Waals surface area contributed by atoms with Crippen LogP contribution in [0.15, 0.2) is 42.5 Å². The lowest BCUT2D eigenvalue weighted by atomic mass is 9.95. The SMILES string of the molecule is CC(C)C(NCC(=O)Nc1ccccc1C(=O)NC1CC1)c1ccc2c(c1)OCCCO2. The molecule has 4 rings (SSSR count). The molecular formula is C25H31N3O4. The molecule has 2 aliphatic rings. The van der Waals surface area contributed by atoms with Gasteiger partial charge in [-0.2, -0.15) is 0 Å². The summed E-state index contributed by atoms with van der Waals surface area (Å²) in [4.78, 5) is 25.2. The number of fused-ring (bicyclic) bond motifs is 1. The average molecular weight is 438 g/mol. The Morgan fingerprint density at radius 2 is 1.78 bits per heavy atom. The molecule has 1 saturated carbocycles. The van der Waals surface area contributed by atoms with Crippen molar-refractivity contribution >= 4 is 17.5 Å². The van der Waals surface area contributed by atoms with Gasteiger partial charge < -0.3 is 25.4 Å². The molecule has 0 spiro atoms. The van der Waals surface area contributed by atoms with Crippen molar-refractivity contribution < 1.29 is 19.1 Å². The van der Waals surface area contributed by atoms with Gasteiger partial charge in [-0.3, -0.25) is 9.59 Å². The van der Waals surface area contributed by atoms with Gasteiger partial charge in [0.1, 0.15) is 0 Å². The number of carbonyl (C=O) groups excluding carboxylic acids is 2. The maximum atomic E-state index is 12.7. The minimum absolute atomic E-state index is 0.0358. The van der Waals surface area contributed by atoms with E-state index in [9.17, 15) is 9.59 Å². The summed E-state index contributed by atoms with van der Waals surface area (Å²) in [6, 6.07) is 13.3. The third-order valence-corrected chi connectivity index (χ3v) is 5.64. The second kappa shape index (κ2) is 10.0. The standard InChI is InChI=1S/C25H31N3O4/c1-16(2)24(17-8-11-21-22(14-17)32-13-5-12-31-21)26-15-23(29)28-20-7-4-3-6-19(20)25(30)27-18-9-10-18/h3-4,6-8,11,14,16,18,24,26H,5,9-10,12-13,15H2,1-2H3,(H,27,30)(H,28,29). The quantitative estimate of drug-likeness (QED) is 0.587. The monoisotopic (exact) mass is 437 g/mol. The molecule has 2 aromatic rings. The third-order valence-electron chi connectivity index (χ3n) is 5.64. The molecule has 0 aromatic heterocycles. The highest BCUT2D eigenvalue weighted by Crippen LogP contribution is 2.34. The Morgan fingerprint density at radius 1 is 1.03 bits per heavy atom. The summed E-state index contributed by atoms with van der Waals surface area (Å²) in [6.45, 7) is 5.62. The van der Waals surface area contributed by atoms with E-state index in [1.165, 1.54) is 0 Å². The van der Waals surface area contributed by atoms with Gasteiger partial charge in [-0.1, -0.05) is 32.0 Å². The van der Waals surface area contributed by atoms with Crippen LogP contribution in [0.25, 0.3) is 0 Å². The van der Waals surface area contributed by atoms with E-state index in [0.717, 1.165) is 36.3 Å². The van der Waals surface area contributed by atoms with Crippen LogP contribution in [-0.2, 0) is 4.79 Å². The van der Waals surface area contributed by atoms with Crippen molar-refractivity contribution in [3.8, 4) is 11.5 Å². The summed E-state index contributed by atoms with van der Waals surface area (Å²) in [7, 11) is 0. The van der Waals surface area contributed by atoms with Crippen molar-refractivity contribution in [3.05, 3.63) is 53.6 Å². The predicted molar refractivity (Wildman–Crippen MR) is 123 cm³/mol. The number of hydrogen-bond donors (Lipinski definition) is 3. The van der Waals surface area contributed by atoms with Crippen LogP contribution in [0.1, 0.15) is 55.1 Å². The van der Waals surface area contributed by atoms with Crippen LogP contribution in [0.5, 0.6) is 11.5 Å². The Kier molecular flexibility index (Phi) is 6.95. The number of carbonyl (C=O) groups is 2. The number of ether oxygens (including phenoxy) is 2. The zero-order chi connectivity index (χ0) is 22.5. The Balaban J connectivity index is 1.40. The Hall–Kier alpha value is -3.06. The van der Waals surface area contributed by atoms with Crippen molar-refractivity contribution in [2.45, 2.75) is 45.2 Å². The number of amides is 2. The normalized spacial score (nSPS) is 16.2. The van der Waals surface area contributed by atoms with Crippen molar-refractivity contribution in [3.63, 3.8) is 0 Å². The van der Waals surface area contributed by atoms with E-state index >= 15 is 0 Å². The zero-order valence-corrected chi connectivity index (χ0v) is 18.6. The summed E-state index contributed by atoms with van der Waals surface area (Å²) in [5.74, 6) is 1.41. The first-order valence-corrected chi connectivity index (χ1v) is 11.3. The summed E-state index contributed by atoms with van der Waals surface area (Å²) < 4.78 is 11.5. The van der Waals surface area contributed by atoms with Crippen molar-refractivity contribution in [2.75, 3.05) is 25.1 Å². The van der Waals surface area contributed by atoms with Crippen LogP contribution >= 0.6 is 0 Å². The van der Waals surface area contributed by atoms with E-state index < -0.39 is 0 Å². The molecule has 0 bridgehead atoms. The van der Waals surface area contributed by atoms with E-state index in [1.807, 2.05) is 24.3 Å². The van der Waals surface area contributed by atoms with Gasteiger partial charge in [-0.25, -0.2) is 0 Å². The van der Waals surface area contributed by atoms with Gasteiger partial charge >= 0.3 is 0 Å². The number of anilines is 1. The molecule has 170 valence electrons. The molecule has 7 heteroatoms. The van der Waals surface area contributed by atoms with Gasteiger partial charge in [-0.15, -0.1) is 0 Å². The average Bonchev–Trinajstić information content (AvgIpc) is 3.60. The molecule has 1 unspecified atom stereocenters. The molecule has 1 atom stereocenters. The van der Waals surface area contributed by atoms with E-state index in [-0.39, 0.29) is 36.4 Å². The van der Waals surface area contributed by atoms with Gasteiger partial charge in [0.15, 0.2) is 11.5 Å². The van der Waals surface area contributed by atoms with Crippen LogP contribution in [-0.4, -0.2) is 37.6 Å². The number of hydrogen-bond acceptors (Lipinski definition) is 5. The minimum atomic E-state index is -0.198. The predicted octanol–water partition coefficient (Wildman–Crippen LogP) is 3.67. The fourth-order valence-corrected chi connectivity index (χ4v) is 3.79. The van der Waals surface area contributed by atoms with Gasteiger partial charge in [0.05, 0.1) is 31.0 Å². The van der Waals surface area contributed by atoms with E-state index in [2.05, 4.69) is 29.8 Å². The first-order valence-electron chi connectivity index (χ1n) is 11.3. The molecule has 7 nitrogen and oxygen atoms in total. The molecule has 2 amide bonds. The Labute approximate surface area is 188 Å². The molecule has 1 aliphatic heterocycles. The second-order valence-corrected chi connectivity index (χ2v) is 8.70. The number of rotatable bonds is 8. The van der Waals surface area contributed by atoms with Crippen molar-refractivity contribution in [2.24, 2.45) is 5.92 Å². The molecule has 1 heterocycles. The zero-order valence-electron chi connectivity index (χ0n) is 18.6. The highest BCUT2D eigenvalue weighted by atomic mass is 16.5. The fourth-order valence-electron chi connectivity index (χ4n) is 3.79. The van der Waals surface area contributed by atoms with Crippen molar-refractivity contribution in [1.82, 2.24) is 10.6 Å². The fraction of sp³-hybridized carbons (Fsp3) is 0.440. The maximum absolute atomic E-state index is 12.7. The lowest BCUT2D eigenvalue weighted by Gasteiger charge is -2.24. The van der Waals surface area contributed by atoms with Gasteiger partial charge in [0.25, 0.3) is 5.91 Å². The Bertz CT molecular complexity index is 971. The van der Waals surface area contributed by atoms with Crippen LogP contribution in [0.4, 0.5) is 5.69 Å². The number of benzene rings is 2. The number of para-hydroxylation sites is 1. The smallest absolute Gasteiger partial charge is 0.253 e. The van der Waals surface area contributed by atoms with E-state index in [4.69, 9.17) is 9.47 Å². The topological polar surface area (TPSA) is 88.7 Å². The molecule has 3 N–H and O–H groups in total. The molecule has 1 fully saturated rings. The van der Waals surface area contributed by atoms with E-state index in [0.29, 0.717) is 24.5 Å². The molecule has 0 saturated heterocycles. The largest absolute Gasteiger partial charge is 0.490 e. The van der Waals surface area contributed by atoms with E-state index in [1.54, 1.807) is 18.2 Å². The lowest BCUT2D eigenvalue weighted by Crippen LogP contribution is -2.34. The number of nitrogens with one attached hydrogen (secondary N) is 3. The van der Waals surface area contributed by atoms with Crippen LogP contribution in [0, 0.1) is 5.92 Å².